The Labute approximate surface area is 155 Å². The average Bonchev–Trinajstić information content (AvgIpc) is 2.55. The number of ether oxygens (including phenoxy) is 2. The smallest absolute Gasteiger partial charge is 0.222 e. The molecule has 0 aromatic carbocycles. The van der Waals surface area contributed by atoms with Gasteiger partial charge in [0.25, 0.3) is 0 Å². The number of hydrogen-bond donors (Lipinski definition) is 0. The third-order valence-electron chi connectivity index (χ3n) is 4.73. The maximum Gasteiger partial charge on any atom is 0.222 e. The molecule has 0 spiro atoms. The molecule has 0 aliphatic carbocycles. The summed E-state index contributed by atoms with van der Waals surface area (Å²) in [5.74, 6) is 0.0545. The summed E-state index contributed by atoms with van der Waals surface area (Å²) in [5, 5.41) is 0. The van der Waals surface area contributed by atoms with Crippen molar-refractivity contribution in [1.82, 2.24) is 9.80 Å². The van der Waals surface area contributed by atoms with Crippen LogP contribution in [0.25, 0.3) is 0 Å². The monoisotopic (exact) mass is 356 g/mol. The lowest BCUT2D eigenvalue weighted by atomic mass is 10.1. The number of nitrogens with zero attached hydrogens (tertiary/aromatic N) is 2. The average molecular weight is 357 g/mol. The largest absolute Gasteiger partial charge is 0.350 e. The van der Waals surface area contributed by atoms with Crippen molar-refractivity contribution in [3.05, 3.63) is 0 Å². The molecule has 0 N–H and O–H groups in total. The second-order valence-electron chi connectivity index (χ2n) is 8.05. The van der Waals surface area contributed by atoms with E-state index in [1.54, 1.807) is 0 Å². The standard InChI is InChI=1S/C20H40N2O3/c1-6-7-8-9-10-11-12-19(23)22(14-13-21(4)5)15-18-16-24-20(2,3)25-17-18/h18H,6-17H2,1-5H3. The van der Waals surface area contributed by atoms with Crippen molar-refractivity contribution in [2.75, 3.05) is 46.9 Å². The van der Waals surface area contributed by atoms with Crippen LogP contribution in [0.2, 0.25) is 0 Å². The summed E-state index contributed by atoms with van der Waals surface area (Å²) in [6, 6.07) is 0. The Bertz CT molecular complexity index is 362. The fraction of sp³-hybridized carbons (Fsp3) is 0.950. The van der Waals surface area contributed by atoms with Gasteiger partial charge in [0.2, 0.25) is 5.91 Å². The molecular weight excluding hydrogens is 316 g/mol. The van der Waals surface area contributed by atoms with Gasteiger partial charge in [-0.2, -0.15) is 0 Å². The van der Waals surface area contributed by atoms with Crippen molar-refractivity contribution < 1.29 is 14.3 Å². The van der Waals surface area contributed by atoms with Gasteiger partial charge in [-0.25, -0.2) is 0 Å². The van der Waals surface area contributed by atoms with Crippen molar-refractivity contribution in [2.45, 2.75) is 71.5 Å². The van der Waals surface area contributed by atoms with Gasteiger partial charge in [-0.3, -0.25) is 4.79 Å². The molecule has 5 nitrogen and oxygen atoms in total. The lowest BCUT2D eigenvalue weighted by Gasteiger charge is -2.37. The maximum absolute atomic E-state index is 12.7. The van der Waals surface area contributed by atoms with E-state index in [0.29, 0.717) is 19.6 Å². The molecule has 0 unspecified atom stereocenters. The first-order valence-electron chi connectivity index (χ1n) is 10.0. The molecule has 1 aliphatic rings. The molecular formula is C20H40N2O3. The Hall–Kier alpha value is -0.650. The summed E-state index contributed by atoms with van der Waals surface area (Å²) in [7, 11) is 4.09. The Morgan fingerprint density at radius 3 is 2.20 bits per heavy atom. The van der Waals surface area contributed by atoms with Crippen LogP contribution < -0.4 is 0 Å². The van der Waals surface area contributed by atoms with E-state index in [9.17, 15) is 4.79 Å². The number of carbonyl (C=O) groups is 1. The van der Waals surface area contributed by atoms with Gasteiger partial charge >= 0.3 is 0 Å². The Kier molecular flexibility index (Phi) is 10.6. The van der Waals surface area contributed by atoms with Crippen molar-refractivity contribution in [1.29, 1.82) is 0 Å². The molecule has 0 bridgehead atoms. The van der Waals surface area contributed by atoms with E-state index in [4.69, 9.17) is 9.47 Å². The first kappa shape index (κ1) is 22.4. The zero-order valence-corrected chi connectivity index (χ0v) is 17.2. The predicted octanol–water partition coefficient (Wildman–Crippen LogP) is 3.53. The van der Waals surface area contributed by atoms with Gasteiger partial charge in [-0.05, 0) is 34.4 Å². The van der Waals surface area contributed by atoms with E-state index < -0.39 is 5.79 Å². The van der Waals surface area contributed by atoms with E-state index in [2.05, 4.69) is 11.8 Å². The molecule has 0 aromatic heterocycles. The number of unbranched alkanes of at least 4 members (excludes halogenated alkanes) is 5. The van der Waals surface area contributed by atoms with Gasteiger partial charge in [0.15, 0.2) is 5.79 Å². The molecule has 1 amide bonds. The topological polar surface area (TPSA) is 42.0 Å². The van der Waals surface area contributed by atoms with Crippen LogP contribution in [-0.2, 0) is 14.3 Å². The molecule has 0 atom stereocenters. The van der Waals surface area contributed by atoms with Gasteiger partial charge in [0.05, 0.1) is 13.2 Å². The highest BCUT2D eigenvalue weighted by atomic mass is 16.7. The van der Waals surface area contributed by atoms with Crippen LogP contribution in [0.1, 0.15) is 65.7 Å². The SMILES string of the molecule is CCCCCCCCC(=O)N(CCN(C)C)CC1COC(C)(C)OC1. The van der Waals surface area contributed by atoms with Crippen LogP contribution in [0, 0.1) is 5.92 Å². The van der Waals surface area contributed by atoms with E-state index in [1.807, 2.05) is 32.8 Å². The van der Waals surface area contributed by atoms with Crippen molar-refractivity contribution in [3.8, 4) is 0 Å². The van der Waals surface area contributed by atoms with Gasteiger partial charge < -0.3 is 19.3 Å². The quantitative estimate of drug-likeness (QED) is 0.502. The summed E-state index contributed by atoms with van der Waals surface area (Å²) < 4.78 is 11.5. The van der Waals surface area contributed by atoms with Gasteiger partial charge in [0.1, 0.15) is 0 Å². The van der Waals surface area contributed by atoms with Gasteiger partial charge in [-0.15, -0.1) is 0 Å². The van der Waals surface area contributed by atoms with E-state index in [1.165, 1.54) is 25.7 Å². The highest BCUT2D eigenvalue weighted by Gasteiger charge is 2.30. The molecule has 1 aliphatic heterocycles. The zero-order chi connectivity index (χ0) is 18.7. The van der Waals surface area contributed by atoms with Crippen molar-refractivity contribution in [3.63, 3.8) is 0 Å². The fourth-order valence-electron chi connectivity index (χ4n) is 3.00. The number of carbonyl (C=O) groups excluding carboxylic acids is 1. The summed E-state index contributed by atoms with van der Waals surface area (Å²) in [6.45, 7) is 9.84. The molecule has 5 heteroatoms. The second kappa shape index (κ2) is 11.9. The predicted molar refractivity (Wildman–Crippen MR) is 103 cm³/mol. The third kappa shape index (κ3) is 10.2. The number of hydrogen-bond acceptors (Lipinski definition) is 4. The van der Waals surface area contributed by atoms with E-state index in [-0.39, 0.29) is 11.8 Å². The minimum atomic E-state index is -0.493. The fourth-order valence-corrected chi connectivity index (χ4v) is 3.00. The minimum Gasteiger partial charge on any atom is -0.350 e. The van der Waals surface area contributed by atoms with E-state index in [0.717, 1.165) is 32.5 Å². The Morgan fingerprint density at radius 1 is 1.00 bits per heavy atom. The van der Waals surface area contributed by atoms with Crippen LogP contribution in [0.4, 0.5) is 0 Å². The van der Waals surface area contributed by atoms with Crippen LogP contribution in [0.15, 0.2) is 0 Å². The molecule has 25 heavy (non-hydrogen) atoms. The van der Waals surface area contributed by atoms with Crippen molar-refractivity contribution in [2.24, 2.45) is 5.92 Å². The molecule has 1 rings (SSSR count). The summed E-state index contributed by atoms with van der Waals surface area (Å²) >= 11 is 0. The Morgan fingerprint density at radius 2 is 1.60 bits per heavy atom. The third-order valence-corrected chi connectivity index (χ3v) is 4.73. The second-order valence-corrected chi connectivity index (χ2v) is 8.05. The highest BCUT2D eigenvalue weighted by molar-refractivity contribution is 5.76. The van der Waals surface area contributed by atoms with Crippen LogP contribution in [-0.4, -0.2) is 68.4 Å². The van der Waals surface area contributed by atoms with Gasteiger partial charge in [0, 0.05) is 32.0 Å². The lowest BCUT2D eigenvalue weighted by molar-refractivity contribution is -0.263. The lowest BCUT2D eigenvalue weighted by Crippen LogP contribution is -2.46. The van der Waals surface area contributed by atoms with Crippen LogP contribution in [0.5, 0.6) is 0 Å². The Balaban J connectivity index is 2.39. The molecule has 148 valence electrons. The van der Waals surface area contributed by atoms with Gasteiger partial charge in [-0.1, -0.05) is 39.0 Å². The highest BCUT2D eigenvalue weighted by Crippen LogP contribution is 2.21. The summed E-state index contributed by atoms with van der Waals surface area (Å²) in [4.78, 5) is 16.8. The number of amides is 1. The molecule has 1 heterocycles. The van der Waals surface area contributed by atoms with Crippen LogP contribution >= 0.6 is 0 Å². The first-order chi connectivity index (χ1) is 11.8. The molecule has 0 saturated carbocycles. The first-order valence-corrected chi connectivity index (χ1v) is 10.0. The van der Waals surface area contributed by atoms with Crippen molar-refractivity contribution >= 4 is 5.91 Å². The normalized spacial score (nSPS) is 17.8. The van der Waals surface area contributed by atoms with Crippen LogP contribution in [0.3, 0.4) is 0 Å². The molecule has 1 saturated heterocycles. The van der Waals surface area contributed by atoms with E-state index >= 15 is 0 Å². The molecule has 0 aromatic rings. The minimum absolute atomic E-state index is 0.267. The number of rotatable bonds is 12. The summed E-state index contributed by atoms with van der Waals surface area (Å²) in [6.07, 6.45) is 7.95. The molecule has 0 radical (unpaired) electrons. The maximum atomic E-state index is 12.7. The molecule has 1 fully saturated rings. The summed E-state index contributed by atoms with van der Waals surface area (Å²) in [5.41, 5.74) is 0. The number of likely N-dealkylation sites (N-methyl/N-ethyl adjacent to an activating group) is 1. The zero-order valence-electron chi connectivity index (χ0n) is 17.2.